The molecule has 0 saturated heterocycles. The Kier molecular flexibility index (Phi) is 8.25. The number of hydrogen-bond acceptors (Lipinski definition) is 3. The second-order valence-corrected chi connectivity index (χ2v) is 7.59. The van der Waals surface area contributed by atoms with Crippen LogP contribution in [0.1, 0.15) is 42.5 Å². The molecular formula is C24H32N2O3. The summed E-state index contributed by atoms with van der Waals surface area (Å²) in [4.78, 5) is 27.1. The Balaban J connectivity index is 2.15. The van der Waals surface area contributed by atoms with Crippen molar-refractivity contribution in [3.8, 4) is 5.75 Å². The Bertz CT molecular complexity index is 828. The standard InChI is InChI=1S/C24H32N2O3/c1-6-10-25-24(28)20(5)26(15-21-9-7-8-17(2)12-21)23(27)16-29-22-13-18(3)11-19(4)14-22/h7-9,11-14,20H,6,10,15-16H2,1-5H3,(H,25,28)/t20-/m0/s1. The van der Waals surface area contributed by atoms with Gasteiger partial charge in [-0.1, -0.05) is 42.8 Å². The molecule has 0 aliphatic rings. The summed E-state index contributed by atoms with van der Waals surface area (Å²) < 4.78 is 5.76. The van der Waals surface area contributed by atoms with Crippen molar-refractivity contribution in [3.63, 3.8) is 0 Å². The van der Waals surface area contributed by atoms with Crippen molar-refractivity contribution in [3.05, 3.63) is 64.7 Å². The van der Waals surface area contributed by atoms with E-state index in [1.165, 1.54) is 0 Å². The molecular weight excluding hydrogens is 364 g/mol. The first-order valence-electron chi connectivity index (χ1n) is 10.1. The number of hydrogen-bond donors (Lipinski definition) is 1. The van der Waals surface area contributed by atoms with E-state index in [0.717, 1.165) is 28.7 Å². The van der Waals surface area contributed by atoms with Crippen LogP contribution in [0.2, 0.25) is 0 Å². The second-order valence-electron chi connectivity index (χ2n) is 7.59. The molecule has 0 aliphatic heterocycles. The van der Waals surface area contributed by atoms with Gasteiger partial charge in [0.2, 0.25) is 5.91 Å². The molecule has 0 bridgehead atoms. The van der Waals surface area contributed by atoms with Crippen LogP contribution in [0.3, 0.4) is 0 Å². The van der Waals surface area contributed by atoms with Crippen molar-refractivity contribution in [1.29, 1.82) is 0 Å². The van der Waals surface area contributed by atoms with Gasteiger partial charge in [0, 0.05) is 13.1 Å². The average molecular weight is 397 g/mol. The number of ether oxygens (including phenoxy) is 1. The van der Waals surface area contributed by atoms with Gasteiger partial charge in [0.1, 0.15) is 11.8 Å². The first kappa shape index (κ1) is 22.5. The van der Waals surface area contributed by atoms with Gasteiger partial charge in [-0.2, -0.15) is 0 Å². The highest BCUT2D eigenvalue weighted by Gasteiger charge is 2.26. The third-order valence-corrected chi connectivity index (χ3v) is 4.71. The summed E-state index contributed by atoms with van der Waals surface area (Å²) in [5.74, 6) is 0.290. The van der Waals surface area contributed by atoms with Crippen LogP contribution in [-0.4, -0.2) is 35.9 Å². The summed E-state index contributed by atoms with van der Waals surface area (Å²) in [6, 6.07) is 13.2. The maximum absolute atomic E-state index is 13.0. The maximum atomic E-state index is 13.0. The van der Waals surface area contributed by atoms with Gasteiger partial charge in [-0.05, 0) is 62.9 Å². The fourth-order valence-corrected chi connectivity index (χ4v) is 3.23. The fourth-order valence-electron chi connectivity index (χ4n) is 3.23. The molecule has 2 rings (SSSR count). The monoisotopic (exact) mass is 396 g/mol. The Labute approximate surface area is 174 Å². The number of amides is 2. The molecule has 0 spiro atoms. The molecule has 2 aromatic carbocycles. The summed E-state index contributed by atoms with van der Waals surface area (Å²) in [5.41, 5.74) is 4.26. The molecule has 0 aliphatic carbocycles. The molecule has 0 saturated carbocycles. The number of carbonyl (C=O) groups excluding carboxylic acids is 2. The molecule has 1 atom stereocenters. The normalized spacial score (nSPS) is 11.6. The van der Waals surface area contributed by atoms with Crippen LogP contribution < -0.4 is 10.1 Å². The molecule has 1 N–H and O–H groups in total. The van der Waals surface area contributed by atoms with Crippen LogP contribution in [-0.2, 0) is 16.1 Å². The topological polar surface area (TPSA) is 58.6 Å². The quantitative estimate of drug-likeness (QED) is 0.699. The highest BCUT2D eigenvalue weighted by molar-refractivity contribution is 5.87. The predicted molar refractivity (Wildman–Crippen MR) is 116 cm³/mol. The van der Waals surface area contributed by atoms with Crippen LogP contribution in [0.25, 0.3) is 0 Å². The van der Waals surface area contributed by atoms with E-state index in [1.807, 2.05) is 64.1 Å². The third-order valence-electron chi connectivity index (χ3n) is 4.71. The van der Waals surface area contributed by atoms with Crippen molar-refractivity contribution in [2.75, 3.05) is 13.2 Å². The van der Waals surface area contributed by atoms with Crippen molar-refractivity contribution >= 4 is 11.8 Å². The lowest BCUT2D eigenvalue weighted by molar-refractivity contribution is -0.142. The minimum absolute atomic E-state index is 0.111. The number of nitrogens with zero attached hydrogens (tertiary/aromatic N) is 1. The second kappa shape index (κ2) is 10.6. The Morgan fingerprint density at radius 3 is 2.34 bits per heavy atom. The van der Waals surface area contributed by atoms with Gasteiger partial charge < -0.3 is 15.0 Å². The van der Waals surface area contributed by atoms with E-state index in [1.54, 1.807) is 11.8 Å². The lowest BCUT2D eigenvalue weighted by Crippen LogP contribution is -2.49. The first-order valence-corrected chi connectivity index (χ1v) is 10.1. The van der Waals surface area contributed by atoms with E-state index in [4.69, 9.17) is 4.74 Å². The highest BCUT2D eigenvalue weighted by Crippen LogP contribution is 2.17. The van der Waals surface area contributed by atoms with Crippen LogP contribution in [0.5, 0.6) is 5.75 Å². The lowest BCUT2D eigenvalue weighted by atomic mass is 10.1. The van der Waals surface area contributed by atoms with Crippen molar-refractivity contribution in [2.45, 2.75) is 53.6 Å². The summed E-state index contributed by atoms with van der Waals surface area (Å²) >= 11 is 0. The Morgan fingerprint density at radius 2 is 1.72 bits per heavy atom. The SMILES string of the molecule is CCCNC(=O)[C@H](C)N(Cc1cccc(C)c1)C(=O)COc1cc(C)cc(C)c1. The van der Waals surface area contributed by atoms with Gasteiger partial charge in [0.05, 0.1) is 0 Å². The smallest absolute Gasteiger partial charge is 0.261 e. The molecule has 2 aromatic rings. The van der Waals surface area contributed by atoms with Gasteiger partial charge in [-0.3, -0.25) is 9.59 Å². The van der Waals surface area contributed by atoms with E-state index in [-0.39, 0.29) is 18.4 Å². The largest absolute Gasteiger partial charge is 0.484 e. The number of benzene rings is 2. The predicted octanol–water partition coefficient (Wildman–Crippen LogP) is 3.93. The zero-order chi connectivity index (χ0) is 21.4. The molecule has 29 heavy (non-hydrogen) atoms. The first-order chi connectivity index (χ1) is 13.8. The van der Waals surface area contributed by atoms with Gasteiger partial charge >= 0.3 is 0 Å². The number of rotatable bonds is 9. The average Bonchev–Trinajstić information content (AvgIpc) is 2.67. The van der Waals surface area contributed by atoms with Gasteiger partial charge in [-0.25, -0.2) is 0 Å². The van der Waals surface area contributed by atoms with E-state index in [0.29, 0.717) is 18.8 Å². The molecule has 0 radical (unpaired) electrons. The van der Waals surface area contributed by atoms with Crippen LogP contribution in [0.15, 0.2) is 42.5 Å². The van der Waals surface area contributed by atoms with E-state index >= 15 is 0 Å². The van der Waals surface area contributed by atoms with Crippen LogP contribution in [0.4, 0.5) is 0 Å². The van der Waals surface area contributed by atoms with Gasteiger partial charge in [0.15, 0.2) is 6.61 Å². The van der Waals surface area contributed by atoms with E-state index in [2.05, 4.69) is 11.4 Å². The molecule has 5 heteroatoms. The highest BCUT2D eigenvalue weighted by atomic mass is 16.5. The maximum Gasteiger partial charge on any atom is 0.261 e. The summed E-state index contributed by atoms with van der Waals surface area (Å²) in [6.45, 7) is 10.6. The van der Waals surface area contributed by atoms with Crippen molar-refractivity contribution in [2.24, 2.45) is 0 Å². The van der Waals surface area contributed by atoms with Crippen molar-refractivity contribution < 1.29 is 14.3 Å². The van der Waals surface area contributed by atoms with Crippen molar-refractivity contribution in [1.82, 2.24) is 10.2 Å². The number of carbonyl (C=O) groups is 2. The van der Waals surface area contributed by atoms with Crippen LogP contribution >= 0.6 is 0 Å². The van der Waals surface area contributed by atoms with Gasteiger partial charge in [-0.15, -0.1) is 0 Å². The Hall–Kier alpha value is -2.82. The summed E-state index contributed by atoms with van der Waals surface area (Å²) in [7, 11) is 0. The Morgan fingerprint density at radius 1 is 1.03 bits per heavy atom. The number of aryl methyl sites for hydroxylation is 3. The molecule has 5 nitrogen and oxygen atoms in total. The number of nitrogens with one attached hydrogen (secondary N) is 1. The molecule has 156 valence electrons. The third kappa shape index (κ3) is 6.93. The zero-order valence-electron chi connectivity index (χ0n) is 18.1. The van der Waals surface area contributed by atoms with E-state index in [9.17, 15) is 9.59 Å². The molecule has 0 unspecified atom stereocenters. The fraction of sp³-hybridized carbons (Fsp3) is 0.417. The minimum Gasteiger partial charge on any atom is -0.484 e. The lowest BCUT2D eigenvalue weighted by Gasteiger charge is -2.29. The molecule has 0 fully saturated rings. The zero-order valence-corrected chi connectivity index (χ0v) is 18.1. The summed E-state index contributed by atoms with van der Waals surface area (Å²) in [6.07, 6.45) is 0.847. The minimum atomic E-state index is -0.586. The van der Waals surface area contributed by atoms with Crippen LogP contribution in [0, 0.1) is 20.8 Å². The van der Waals surface area contributed by atoms with E-state index < -0.39 is 6.04 Å². The van der Waals surface area contributed by atoms with Gasteiger partial charge in [0.25, 0.3) is 5.91 Å². The molecule has 2 amide bonds. The molecule has 0 heterocycles. The molecule has 0 aromatic heterocycles. The summed E-state index contributed by atoms with van der Waals surface area (Å²) in [5, 5.41) is 2.88.